The van der Waals surface area contributed by atoms with Crippen molar-refractivity contribution in [3.63, 3.8) is 0 Å². The van der Waals surface area contributed by atoms with Crippen LogP contribution in [-0.4, -0.2) is 28.9 Å². The Bertz CT molecular complexity index is 186. The van der Waals surface area contributed by atoms with Crippen LogP contribution in [-0.2, 0) is 4.74 Å². The van der Waals surface area contributed by atoms with E-state index in [1.165, 1.54) is 0 Å². The Balaban J connectivity index is 3.95. The number of rotatable bonds is 3. The average Bonchev–Trinajstić information content (AvgIpc) is 1.99. The first-order valence-corrected chi connectivity index (χ1v) is 4.94. The van der Waals surface area contributed by atoms with Gasteiger partial charge in [0.05, 0.1) is 12.1 Å². The normalized spacial score (nSPS) is 15.9. The number of amides is 1. The number of aliphatic hydroxyl groups excluding tert-OH is 1. The highest BCUT2D eigenvalue weighted by molar-refractivity contribution is 5.68. The van der Waals surface area contributed by atoms with E-state index in [9.17, 15) is 9.90 Å². The fourth-order valence-corrected chi connectivity index (χ4v) is 0.943. The molecule has 0 heterocycles. The summed E-state index contributed by atoms with van der Waals surface area (Å²) >= 11 is 0. The second-order valence-corrected chi connectivity index (χ2v) is 4.41. The number of hydrogen-bond acceptors (Lipinski definition) is 3. The van der Waals surface area contributed by atoms with Crippen molar-refractivity contribution in [2.45, 2.75) is 58.8 Å². The zero-order chi connectivity index (χ0) is 11.4. The molecule has 0 aliphatic heterocycles. The summed E-state index contributed by atoms with van der Waals surface area (Å²) in [7, 11) is 0. The van der Waals surface area contributed by atoms with Gasteiger partial charge >= 0.3 is 6.09 Å². The van der Waals surface area contributed by atoms with Crippen LogP contribution in [0.3, 0.4) is 0 Å². The van der Waals surface area contributed by atoms with Crippen molar-refractivity contribution in [2.24, 2.45) is 0 Å². The van der Waals surface area contributed by atoms with Gasteiger partial charge in [0.2, 0.25) is 0 Å². The molecule has 4 nitrogen and oxygen atoms in total. The number of carbonyl (C=O) groups is 1. The summed E-state index contributed by atoms with van der Waals surface area (Å²) in [6.45, 7) is 9.00. The zero-order valence-electron chi connectivity index (χ0n) is 9.63. The summed E-state index contributed by atoms with van der Waals surface area (Å²) in [5.74, 6) is 0. The van der Waals surface area contributed by atoms with Crippen LogP contribution < -0.4 is 5.32 Å². The minimum Gasteiger partial charge on any atom is -0.444 e. The molecule has 2 atom stereocenters. The van der Waals surface area contributed by atoms with Crippen LogP contribution >= 0.6 is 0 Å². The van der Waals surface area contributed by atoms with E-state index in [4.69, 9.17) is 4.74 Å². The van der Waals surface area contributed by atoms with E-state index in [0.717, 1.165) is 0 Å². The Morgan fingerprint density at radius 1 is 1.50 bits per heavy atom. The topological polar surface area (TPSA) is 58.6 Å². The minimum atomic E-state index is -0.525. The Morgan fingerprint density at radius 3 is 2.36 bits per heavy atom. The Kier molecular flexibility index (Phi) is 4.91. The lowest BCUT2D eigenvalue weighted by Gasteiger charge is -2.23. The maximum atomic E-state index is 11.2. The predicted octanol–water partition coefficient (Wildman–Crippen LogP) is 1.67. The lowest BCUT2D eigenvalue weighted by Crippen LogP contribution is -2.43. The molecule has 0 aromatic carbocycles. The molecular weight excluding hydrogens is 182 g/mol. The molecule has 84 valence electrons. The molecule has 0 rings (SSSR count). The second kappa shape index (κ2) is 5.20. The van der Waals surface area contributed by atoms with Gasteiger partial charge in [0, 0.05) is 0 Å². The molecule has 0 aliphatic carbocycles. The predicted molar refractivity (Wildman–Crippen MR) is 55.1 cm³/mol. The van der Waals surface area contributed by atoms with Crippen molar-refractivity contribution in [3.05, 3.63) is 0 Å². The van der Waals surface area contributed by atoms with Gasteiger partial charge in [-0.25, -0.2) is 4.79 Å². The van der Waals surface area contributed by atoms with Gasteiger partial charge in [-0.2, -0.15) is 0 Å². The van der Waals surface area contributed by atoms with Gasteiger partial charge in [-0.15, -0.1) is 0 Å². The maximum absolute atomic E-state index is 11.2. The number of carbonyl (C=O) groups excluding carboxylic acids is 1. The third kappa shape index (κ3) is 5.80. The Morgan fingerprint density at radius 2 is 2.00 bits per heavy atom. The second-order valence-electron chi connectivity index (χ2n) is 4.41. The molecule has 0 fully saturated rings. The fourth-order valence-electron chi connectivity index (χ4n) is 0.943. The molecule has 0 aromatic heterocycles. The number of ether oxygens (including phenoxy) is 1. The summed E-state index contributed by atoms with van der Waals surface area (Å²) in [4.78, 5) is 11.2. The molecule has 4 heteroatoms. The molecule has 14 heavy (non-hydrogen) atoms. The smallest absolute Gasteiger partial charge is 0.407 e. The van der Waals surface area contributed by atoms with Gasteiger partial charge in [-0.05, 0) is 34.1 Å². The monoisotopic (exact) mass is 203 g/mol. The standard InChI is InChI=1S/C10H21NO3/c1-6-8(12)7(2)11-9(13)14-10(3,4)5/h7-8,12H,6H2,1-5H3,(H,11,13)/t7-,8?/m0/s1. The molecule has 0 bridgehead atoms. The summed E-state index contributed by atoms with van der Waals surface area (Å²) in [6, 6.07) is -0.283. The summed E-state index contributed by atoms with van der Waals surface area (Å²) < 4.78 is 5.04. The highest BCUT2D eigenvalue weighted by Crippen LogP contribution is 2.07. The van der Waals surface area contributed by atoms with Gasteiger partial charge in [-0.3, -0.25) is 0 Å². The van der Waals surface area contributed by atoms with E-state index in [0.29, 0.717) is 6.42 Å². The molecule has 0 saturated carbocycles. The van der Waals surface area contributed by atoms with Crippen LogP contribution in [0.25, 0.3) is 0 Å². The molecule has 0 aromatic rings. The Labute approximate surface area is 85.6 Å². The summed E-state index contributed by atoms with van der Waals surface area (Å²) in [5.41, 5.74) is -0.499. The number of hydrogen-bond donors (Lipinski definition) is 2. The first kappa shape index (κ1) is 13.2. The van der Waals surface area contributed by atoms with Crippen molar-refractivity contribution in [1.29, 1.82) is 0 Å². The van der Waals surface area contributed by atoms with E-state index >= 15 is 0 Å². The quantitative estimate of drug-likeness (QED) is 0.733. The lowest BCUT2D eigenvalue weighted by molar-refractivity contribution is 0.0433. The van der Waals surface area contributed by atoms with Crippen LogP contribution in [0.4, 0.5) is 4.79 Å². The van der Waals surface area contributed by atoms with Crippen molar-refractivity contribution in [2.75, 3.05) is 0 Å². The number of alkyl carbamates (subject to hydrolysis) is 1. The molecule has 0 aliphatic rings. The highest BCUT2D eigenvalue weighted by Gasteiger charge is 2.20. The van der Waals surface area contributed by atoms with Crippen LogP contribution in [0.5, 0.6) is 0 Å². The average molecular weight is 203 g/mol. The minimum absolute atomic E-state index is 0.283. The third-order valence-corrected chi connectivity index (χ3v) is 1.74. The number of aliphatic hydroxyl groups is 1. The van der Waals surface area contributed by atoms with E-state index < -0.39 is 17.8 Å². The van der Waals surface area contributed by atoms with Crippen LogP contribution in [0, 0.1) is 0 Å². The molecule has 2 N–H and O–H groups in total. The molecular formula is C10H21NO3. The largest absolute Gasteiger partial charge is 0.444 e. The molecule has 0 radical (unpaired) electrons. The first-order chi connectivity index (χ1) is 6.26. The fraction of sp³-hybridized carbons (Fsp3) is 0.900. The molecule has 0 spiro atoms. The van der Waals surface area contributed by atoms with Crippen LogP contribution in [0.15, 0.2) is 0 Å². The first-order valence-electron chi connectivity index (χ1n) is 4.94. The molecule has 0 saturated heterocycles. The number of nitrogens with one attached hydrogen (secondary N) is 1. The van der Waals surface area contributed by atoms with Crippen molar-refractivity contribution >= 4 is 6.09 Å². The van der Waals surface area contributed by atoms with Gasteiger partial charge < -0.3 is 15.2 Å². The molecule has 1 unspecified atom stereocenters. The van der Waals surface area contributed by atoms with Gasteiger partial charge in [0.15, 0.2) is 0 Å². The zero-order valence-corrected chi connectivity index (χ0v) is 9.63. The van der Waals surface area contributed by atoms with Crippen molar-refractivity contribution < 1.29 is 14.6 Å². The van der Waals surface area contributed by atoms with E-state index in [2.05, 4.69) is 5.32 Å². The van der Waals surface area contributed by atoms with Crippen molar-refractivity contribution in [3.8, 4) is 0 Å². The van der Waals surface area contributed by atoms with Crippen molar-refractivity contribution in [1.82, 2.24) is 5.32 Å². The highest BCUT2D eigenvalue weighted by atomic mass is 16.6. The van der Waals surface area contributed by atoms with Gasteiger partial charge in [0.1, 0.15) is 5.60 Å². The summed E-state index contributed by atoms with van der Waals surface area (Å²) in [6.07, 6.45) is -0.406. The molecule has 1 amide bonds. The maximum Gasteiger partial charge on any atom is 0.407 e. The third-order valence-electron chi connectivity index (χ3n) is 1.74. The summed E-state index contributed by atoms with van der Waals surface area (Å²) in [5, 5.41) is 12.0. The lowest BCUT2D eigenvalue weighted by atomic mass is 10.1. The van der Waals surface area contributed by atoms with Gasteiger partial charge in [0.25, 0.3) is 0 Å². The van der Waals surface area contributed by atoms with E-state index in [1.807, 2.05) is 6.92 Å². The van der Waals surface area contributed by atoms with Crippen LogP contribution in [0.1, 0.15) is 41.0 Å². The van der Waals surface area contributed by atoms with Crippen LogP contribution in [0.2, 0.25) is 0 Å². The van der Waals surface area contributed by atoms with E-state index in [1.54, 1.807) is 27.7 Å². The SMILES string of the molecule is CCC(O)[C@H](C)NC(=O)OC(C)(C)C. The Hall–Kier alpha value is -0.770. The van der Waals surface area contributed by atoms with Gasteiger partial charge in [-0.1, -0.05) is 6.92 Å². The van der Waals surface area contributed by atoms with E-state index in [-0.39, 0.29) is 6.04 Å².